The smallest absolute Gasteiger partial charge is 0.264 e. The number of sulfonamides is 1. The second-order valence-corrected chi connectivity index (χ2v) is 8.68. The Bertz CT molecular complexity index is 730. The number of thiophene rings is 1. The van der Waals surface area contributed by atoms with Gasteiger partial charge in [0.25, 0.3) is 10.0 Å². The molecule has 1 heterocycles. The highest BCUT2D eigenvalue weighted by Gasteiger charge is 2.22. The second kappa shape index (κ2) is 5.79. The van der Waals surface area contributed by atoms with E-state index in [-0.39, 0.29) is 19.9 Å². The number of rotatable bonds is 3. The van der Waals surface area contributed by atoms with Crippen LogP contribution in [0, 0.1) is 0 Å². The van der Waals surface area contributed by atoms with Crippen LogP contribution in [0.3, 0.4) is 0 Å². The zero-order valence-electron chi connectivity index (χ0n) is 8.95. The van der Waals surface area contributed by atoms with Crippen molar-refractivity contribution in [2.24, 2.45) is 0 Å². The summed E-state index contributed by atoms with van der Waals surface area (Å²) in [6.45, 7) is 0. The van der Waals surface area contributed by atoms with Crippen LogP contribution in [-0.2, 0) is 10.0 Å². The van der Waals surface area contributed by atoms with Gasteiger partial charge >= 0.3 is 0 Å². The van der Waals surface area contributed by atoms with Gasteiger partial charge in [0.15, 0.2) is 0 Å². The minimum Gasteiger partial charge on any atom is -0.278 e. The van der Waals surface area contributed by atoms with Crippen molar-refractivity contribution in [1.82, 2.24) is 0 Å². The molecule has 19 heavy (non-hydrogen) atoms. The SMILES string of the molecule is O=S(=O)(Nc1ccc(Br)cc1Cl)c1cc(Cl)sc1Cl. The molecule has 0 spiro atoms. The van der Waals surface area contributed by atoms with Crippen LogP contribution < -0.4 is 4.72 Å². The number of halogens is 4. The molecular weight excluding hydrogens is 417 g/mol. The van der Waals surface area contributed by atoms with E-state index in [2.05, 4.69) is 20.7 Å². The molecule has 0 aliphatic rings. The first-order valence-electron chi connectivity index (χ1n) is 4.72. The fourth-order valence-electron chi connectivity index (χ4n) is 1.28. The Kier molecular flexibility index (Phi) is 4.70. The zero-order valence-corrected chi connectivity index (χ0v) is 14.4. The summed E-state index contributed by atoms with van der Waals surface area (Å²) >= 11 is 21.7. The van der Waals surface area contributed by atoms with Gasteiger partial charge in [0, 0.05) is 4.47 Å². The van der Waals surface area contributed by atoms with Crippen LogP contribution in [0.5, 0.6) is 0 Å². The summed E-state index contributed by atoms with van der Waals surface area (Å²) in [5.74, 6) is 0. The topological polar surface area (TPSA) is 46.2 Å². The van der Waals surface area contributed by atoms with E-state index in [1.54, 1.807) is 18.2 Å². The molecule has 2 rings (SSSR count). The second-order valence-electron chi connectivity index (χ2n) is 3.42. The molecule has 0 bridgehead atoms. The minimum absolute atomic E-state index is 0.0665. The van der Waals surface area contributed by atoms with Gasteiger partial charge in [-0.25, -0.2) is 8.42 Å². The van der Waals surface area contributed by atoms with Gasteiger partial charge in [-0.05, 0) is 24.3 Å². The van der Waals surface area contributed by atoms with Crippen molar-refractivity contribution in [3.63, 3.8) is 0 Å². The molecule has 1 aromatic carbocycles. The van der Waals surface area contributed by atoms with Crippen molar-refractivity contribution in [3.05, 3.63) is 42.4 Å². The molecule has 0 fully saturated rings. The van der Waals surface area contributed by atoms with E-state index in [4.69, 9.17) is 34.8 Å². The quantitative estimate of drug-likeness (QED) is 0.734. The van der Waals surface area contributed by atoms with Crippen LogP contribution in [-0.4, -0.2) is 8.42 Å². The lowest BCUT2D eigenvalue weighted by atomic mass is 10.3. The van der Waals surface area contributed by atoms with Gasteiger partial charge in [0.2, 0.25) is 0 Å². The third-order valence-electron chi connectivity index (χ3n) is 2.09. The maximum Gasteiger partial charge on any atom is 0.264 e. The van der Waals surface area contributed by atoms with Crippen molar-refractivity contribution in [2.45, 2.75) is 4.90 Å². The highest BCUT2D eigenvalue weighted by Crippen LogP contribution is 2.36. The molecule has 0 aliphatic carbocycles. The predicted octanol–water partition coefficient (Wildman–Crippen LogP) is 5.27. The molecule has 0 unspecified atom stereocenters. The van der Waals surface area contributed by atoms with Crippen molar-refractivity contribution in [1.29, 1.82) is 0 Å². The minimum atomic E-state index is -3.81. The third kappa shape index (κ3) is 3.56. The summed E-state index contributed by atoms with van der Waals surface area (Å²) in [6.07, 6.45) is 0. The Hall–Kier alpha value is 0.0200. The van der Waals surface area contributed by atoms with E-state index in [1.807, 2.05) is 0 Å². The van der Waals surface area contributed by atoms with Crippen molar-refractivity contribution in [2.75, 3.05) is 4.72 Å². The van der Waals surface area contributed by atoms with Crippen LogP contribution in [0.15, 0.2) is 33.6 Å². The van der Waals surface area contributed by atoms with E-state index in [1.165, 1.54) is 6.07 Å². The zero-order chi connectivity index (χ0) is 14.2. The summed E-state index contributed by atoms with van der Waals surface area (Å²) in [5.41, 5.74) is 0.267. The number of hydrogen-bond acceptors (Lipinski definition) is 3. The average molecular weight is 422 g/mol. The Morgan fingerprint density at radius 1 is 1.16 bits per heavy atom. The standard InChI is InChI=1S/C10H5BrCl3NO2S2/c11-5-1-2-7(6(12)3-5)15-19(16,17)8-4-9(13)18-10(8)14/h1-4,15H. The lowest BCUT2D eigenvalue weighted by Crippen LogP contribution is -2.12. The summed E-state index contributed by atoms with van der Waals surface area (Å²) in [5, 5.41) is 0.274. The van der Waals surface area contributed by atoms with E-state index >= 15 is 0 Å². The highest BCUT2D eigenvalue weighted by molar-refractivity contribution is 9.10. The Morgan fingerprint density at radius 3 is 2.37 bits per heavy atom. The van der Waals surface area contributed by atoms with Crippen molar-refractivity contribution >= 4 is 77.8 Å². The molecule has 0 radical (unpaired) electrons. The number of anilines is 1. The van der Waals surface area contributed by atoms with E-state index in [9.17, 15) is 8.42 Å². The molecule has 1 aromatic heterocycles. The normalized spacial score (nSPS) is 11.6. The maximum atomic E-state index is 12.2. The molecule has 0 atom stereocenters. The molecule has 9 heteroatoms. The summed E-state index contributed by atoms with van der Waals surface area (Å²) < 4.78 is 27.8. The molecule has 1 N–H and O–H groups in total. The van der Waals surface area contributed by atoms with Crippen LogP contribution in [0.25, 0.3) is 0 Å². The maximum absolute atomic E-state index is 12.2. The van der Waals surface area contributed by atoms with Gasteiger partial charge in [-0.3, -0.25) is 4.72 Å². The molecule has 0 saturated heterocycles. The van der Waals surface area contributed by atoms with Gasteiger partial charge in [-0.2, -0.15) is 0 Å². The fraction of sp³-hybridized carbons (Fsp3) is 0. The van der Waals surface area contributed by atoms with Gasteiger partial charge in [0.1, 0.15) is 9.23 Å². The highest BCUT2D eigenvalue weighted by atomic mass is 79.9. The predicted molar refractivity (Wildman–Crippen MR) is 84.3 cm³/mol. The molecule has 0 saturated carbocycles. The molecule has 102 valence electrons. The van der Waals surface area contributed by atoms with Crippen molar-refractivity contribution < 1.29 is 8.42 Å². The first-order valence-corrected chi connectivity index (χ1v) is 8.95. The fourth-order valence-corrected chi connectivity index (χ4v) is 5.29. The number of nitrogens with one attached hydrogen (secondary N) is 1. The average Bonchev–Trinajstić information content (AvgIpc) is 2.63. The number of hydrogen-bond donors (Lipinski definition) is 1. The van der Waals surface area contributed by atoms with Gasteiger partial charge in [0.05, 0.1) is 15.0 Å². The largest absolute Gasteiger partial charge is 0.278 e. The molecule has 0 amide bonds. The first-order chi connectivity index (χ1) is 8.79. The third-order valence-corrected chi connectivity index (χ3v) is 6.01. The molecule has 3 nitrogen and oxygen atoms in total. The van der Waals surface area contributed by atoms with E-state index in [0.29, 0.717) is 4.34 Å². The summed E-state index contributed by atoms with van der Waals surface area (Å²) in [4.78, 5) is -0.0665. The molecular formula is C10H5BrCl3NO2S2. The van der Waals surface area contributed by atoms with E-state index in [0.717, 1.165) is 15.8 Å². The van der Waals surface area contributed by atoms with Crippen LogP contribution in [0.4, 0.5) is 5.69 Å². The molecule has 2 aromatic rings. The summed E-state index contributed by atoms with van der Waals surface area (Å²) in [6, 6.07) is 6.10. The van der Waals surface area contributed by atoms with E-state index < -0.39 is 10.0 Å². The Morgan fingerprint density at radius 2 is 1.84 bits per heavy atom. The van der Waals surface area contributed by atoms with Crippen LogP contribution in [0.2, 0.25) is 13.7 Å². The first kappa shape index (κ1) is 15.4. The summed E-state index contributed by atoms with van der Waals surface area (Å²) in [7, 11) is -3.81. The van der Waals surface area contributed by atoms with Crippen LogP contribution >= 0.6 is 62.1 Å². The lowest BCUT2D eigenvalue weighted by Gasteiger charge is -2.09. The van der Waals surface area contributed by atoms with Crippen LogP contribution in [0.1, 0.15) is 0 Å². The molecule has 0 aliphatic heterocycles. The Labute approximate surface area is 137 Å². The van der Waals surface area contributed by atoms with Crippen molar-refractivity contribution in [3.8, 4) is 0 Å². The van der Waals surface area contributed by atoms with Gasteiger partial charge in [-0.1, -0.05) is 50.7 Å². The number of benzene rings is 1. The van der Waals surface area contributed by atoms with Gasteiger partial charge < -0.3 is 0 Å². The Balaban J connectivity index is 2.39. The van der Waals surface area contributed by atoms with Gasteiger partial charge in [-0.15, -0.1) is 11.3 Å². The monoisotopic (exact) mass is 419 g/mol. The lowest BCUT2D eigenvalue weighted by molar-refractivity contribution is 0.601.